The summed E-state index contributed by atoms with van der Waals surface area (Å²) in [6.45, 7) is 0.565. The van der Waals surface area contributed by atoms with Crippen LogP contribution in [-0.2, 0) is 16.4 Å². The highest BCUT2D eigenvalue weighted by Crippen LogP contribution is 2.06. The maximum atomic E-state index is 11.1. The number of nitrogens with zero attached hydrogens (tertiary/aromatic N) is 2. The topological polar surface area (TPSA) is 102 Å². The molecule has 0 fully saturated rings. The molecule has 1 heterocycles. The Hall–Kier alpha value is -1.37. The lowest BCUT2D eigenvalue weighted by atomic mass is 10.3. The monoisotopic (exact) mass is 230 g/mol. The van der Waals surface area contributed by atoms with Gasteiger partial charge in [-0.2, -0.15) is 5.10 Å². The summed E-state index contributed by atoms with van der Waals surface area (Å²) < 4.78 is 23.8. The van der Waals surface area contributed by atoms with E-state index in [4.69, 9.17) is 11.1 Å². The van der Waals surface area contributed by atoms with Gasteiger partial charge in [-0.1, -0.05) is 0 Å². The Morgan fingerprint density at radius 3 is 2.80 bits per heavy atom. The van der Waals surface area contributed by atoms with Crippen LogP contribution in [0.4, 0.5) is 0 Å². The van der Waals surface area contributed by atoms with E-state index in [9.17, 15) is 8.42 Å². The lowest BCUT2D eigenvalue weighted by Gasteiger charge is -1.99. The van der Waals surface area contributed by atoms with Crippen LogP contribution in [0.15, 0.2) is 17.3 Å². The Balaban J connectivity index is 2.58. The highest BCUT2D eigenvalue weighted by Gasteiger charge is 2.09. The van der Waals surface area contributed by atoms with Gasteiger partial charge >= 0.3 is 0 Å². The molecule has 0 radical (unpaired) electrons. The Labute approximate surface area is 88.5 Å². The highest BCUT2D eigenvalue weighted by atomic mass is 32.2. The summed E-state index contributed by atoms with van der Waals surface area (Å²) in [4.78, 5) is 0.213. The van der Waals surface area contributed by atoms with Gasteiger partial charge in [0.05, 0.1) is 12.0 Å². The molecule has 0 unspecified atom stereocenters. The molecule has 0 aromatic carbocycles. The number of aromatic nitrogens is 2. The van der Waals surface area contributed by atoms with Crippen molar-refractivity contribution < 1.29 is 8.42 Å². The minimum Gasteiger partial charge on any atom is -0.388 e. The molecule has 0 aliphatic rings. The first-order valence-corrected chi connectivity index (χ1v) is 6.34. The number of amidine groups is 1. The second-order valence-corrected chi connectivity index (χ2v) is 5.36. The van der Waals surface area contributed by atoms with Gasteiger partial charge in [-0.25, -0.2) is 8.42 Å². The summed E-state index contributed by atoms with van der Waals surface area (Å²) in [6, 6.07) is 0. The van der Waals surface area contributed by atoms with Crippen LogP contribution in [0.25, 0.3) is 0 Å². The van der Waals surface area contributed by atoms with Gasteiger partial charge in [-0.3, -0.25) is 10.1 Å². The average Bonchev–Trinajstić information content (AvgIpc) is 2.51. The van der Waals surface area contributed by atoms with Crippen molar-refractivity contribution >= 4 is 15.7 Å². The fraction of sp³-hybridized carbons (Fsp3) is 0.500. The molecule has 0 spiro atoms. The third-order valence-corrected chi connectivity index (χ3v) is 2.94. The lowest BCUT2D eigenvalue weighted by Crippen LogP contribution is -2.10. The first kappa shape index (κ1) is 11.7. The minimum atomic E-state index is -3.17. The Morgan fingerprint density at radius 2 is 2.33 bits per heavy atom. The molecule has 0 atom stereocenters. The van der Waals surface area contributed by atoms with Crippen molar-refractivity contribution in [1.82, 2.24) is 9.78 Å². The van der Waals surface area contributed by atoms with E-state index in [1.54, 1.807) is 4.68 Å². The maximum absolute atomic E-state index is 11.1. The minimum absolute atomic E-state index is 0.130. The first-order valence-electron chi connectivity index (χ1n) is 4.45. The summed E-state index contributed by atoms with van der Waals surface area (Å²) >= 11 is 0. The van der Waals surface area contributed by atoms with E-state index in [1.807, 2.05) is 0 Å². The molecule has 0 amide bonds. The molecular weight excluding hydrogens is 216 g/mol. The molecule has 0 aliphatic carbocycles. The van der Waals surface area contributed by atoms with E-state index in [0.29, 0.717) is 19.4 Å². The van der Waals surface area contributed by atoms with Crippen LogP contribution in [0.5, 0.6) is 0 Å². The molecule has 1 aromatic rings. The van der Waals surface area contributed by atoms with Gasteiger partial charge in [0.25, 0.3) is 0 Å². The summed E-state index contributed by atoms with van der Waals surface area (Å²) in [5.41, 5.74) is 5.19. The van der Waals surface area contributed by atoms with E-state index in [0.717, 1.165) is 6.26 Å². The molecule has 1 rings (SSSR count). The quantitative estimate of drug-likeness (QED) is 0.549. The smallest absolute Gasteiger partial charge is 0.178 e. The summed E-state index contributed by atoms with van der Waals surface area (Å²) in [7, 11) is -3.17. The maximum Gasteiger partial charge on any atom is 0.178 e. The third kappa shape index (κ3) is 3.70. The van der Waals surface area contributed by atoms with Crippen molar-refractivity contribution in [2.24, 2.45) is 5.73 Å². The normalized spacial score (nSPS) is 11.5. The molecule has 0 aliphatic heterocycles. The van der Waals surface area contributed by atoms with Gasteiger partial charge in [0.1, 0.15) is 4.90 Å². The molecule has 84 valence electrons. The number of rotatable bonds is 5. The van der Waals surface area contributed by atoms with Crippen LogP contribution in [0.3, 0.4) is 0 Å². The summed E-state index contributed by atoms with van der Waals surface area (Å²) in [5, 5.41) is 10.9. The van der Waals surface area contributed by atoms with Gasteiger partial charge in [0, 0.05) is 25.4 Å². The largest absolute Gasteiger partial charge is 0.388 e. The zero-order chi connectivity index (χ0) is 11.5. The van der Waals surface area contributed by atoms with Crippen LogP contribution >= 0.6 is 0 Å². The van der Waals surface area contributed by atoms with Crippen LogP contribution < -0.4 is 5.73 Å². The van der Waals surface area contributed by atoms with E-state index in [-0.39, 0.29) is 10.7 Å². The Kier molecular flexibility index (Phi) is 3.46. The zero-order valence-electron chi connectivity index (χ0n) is 8.47. The van der Waals surface area contributed by atoms with Crippen LogP contribution in [0, 0.1) is 5.41 Å². The number of hydrogen-bond acceptors (Lipinski definition) is 4. The second-order valence-electron chi connectivity index (χ2n) is 3.34. The number of aryl methyl sites for hydroxylation is 1. The Bertz CT molecular complexity index is 449. The van der Waals surface area contributed by atoms with Crippen molar-refractivity contribution in [3.63, 3.8) is 0 Å². The predicted molar refractivity (Wildman–Crippen MR) is 56.5 cm³/mol. The van der Waals surface area contributed by atoms with Crippen molar-refractivity contribution in [1.29, 1.82) is 5.41 Å². The van der Waals surface area contributed by atoms with Crippen LogP contribution in [0.1, 0.15) is 12.8 Å². The number of sulfone groups is 1. The summed E-state index contributed by atoms with van der Waals surface area (Å²) in [6.07, 6.45) is 5.12. The van der Waals surface area contributed by atoms with E-state index >= 15 is 0 Å². The van der Waals surface area contributed by atoms with E-state index in [1.165, 1.54) is 12.4 Å². The lowest BCUT2D eigenvalue weighted by molar-refractivity contribution is 0.585. The molecule has 1 aromatic heterocycles. The third-order valence-electron chi connectivity index (χ3n) is 1.87. The molecular formula is C8H14N4O2S. The molecule has 6 nitrogen and oxygen atoms in total. The van der Waals surface area contributed by atoms with E-state index in [2.05, 4.69) is 5.10 Å². The molecule has 15 heavy (non-hydrogen) atoms. The average molecular weight is 230 g/mol. The van der Waals surface area contributed by atoms with Gasteiger partial charge in [0.2, 0.25) is 0 Å². The van der Waals surface area contributed by atoms with Gasteiger partial charge < -0.3 is 5.73 Å². The van der Waals surface area contributed by atoms with Crippen LogP contribution in [0.2, 0.25) is 0 Å². The molecule has 7 heteroatoms. The van der Waals surface area contributed by atoms with E-state index < -0.39 is 9.84 Å². The van der Waals surface area contributed by atoms with Crippen LogP contribution in [-0.4, -0.2) is 30.3 Å². The fourth-order valence-electron chi connectivity index (χ4n) is 1.09. The SMILES string of the molecule is CS(=O)(=O)c1cnn(CCCC(=N)N)c1. The Morgan fingerprint density at radius 1 is 1.67 bits per heavy atom. The van der Waals surface area contributed by atoms with Gasteiger partial charge in [-0.15, -0.1) is 0 Å². The van der Waals surface area contributed by atoms with Crippen molar-refractivity contribution in [3.05, 3.63) is 12.4 Å². The summed E-state index contributed by atoms with van der Waals surface area (Å²) in [5.74, 6) is 0.130. The van der Waals surface area contributed by atoms with Crippen molar-refractivity contribution in [2.45, 2.75) is 24.3 Å². The van der Waals surface area contributed by atoms with Gasteiger partial charge in [-0.05, 0) is 6.42 Å². The number of hydrogen-bond donors (Lipinski definition) is 2. The molecule has 0 saturated heterocycles. The number of nitrogens with two attached hydrogens (primary N) is 1. The van der Waals surface area contributed by atoms with Crippen molar-refractivity contribution in [3.8, 4) is 0 Å². The fourth-order valence-corrected chi connectivity index (χ4v) is 1.64. The molecule has 0 saturated carbocycles. The first-order chi connectivity index (χ1) is 6.89. The standard InChI is InChI=1S/C8H14N4O2S/c1-15(13,14)7-5-11-12(6-7)4-2-3-8(9)10/h5-6H,2-4H2,1H3,(H3,9,10). The zero-order valence-corrected chi connectivity index (χ0v) is 9.29. The van der Waals surface area contributed by atoms with Crippen molar-refractivity contribution in [2.75, 3.05) is 6.26 Å². The molecule has 0 bridgehead atoms. The highest BCUT2D eigenvalue weighted by molar-refractivity contribution is 7.90. The van der Waals surface area contributed by atoms with Gasteiger partial charge in [0.15, 0.2) is 9.84 Å². The number of nitrogens with one attached hydrogen (secondary N) is 1. The molecule has 3 N–H and O–H groups in total. The predicted octanol–water partition coefficient (Wildman–Crippen LogP) is 0.00277. The second kappa shape index (κ2) is 4.43.